The molecule has 1 fully saturated rings. The topological polar surface area (TPSA) is 29.5 Å². The fourth-order valence-electron chi connectivity index (χ4n) is 1.86. The van der Waals surface area contributed by atoms with Gasteiger partial charge in [-0.3, -0.25) is 0 Å². The smallest absolute Gasteiger partial charge is 0.119 e. The third kappa shape index (κ3) is 2.53. The summed E-state index contributed by atoms with van der Waals surface area (Å²) in [6.45, 7) is 2.84. The van der Waals surface area contributed by atoms with E-state index in [1.165, 1.54) is 0 Å². The van der Waals surface area contributed by atoms with Gasteiger partial charge in [0, 0.05) is 5.75 Å². The Morgan fingerprint density at radius 1 is 1.38 bits per heavy atom. The molecule has 1 saturated heterocycles. The minimum absolute atomic E-state index is 0.617. The van der Waals surface area contributed by atoms with Crippen LogP contribution in [0.4, 0.5) is 0 Å². The molecule has 2 rings (SSSR count). The van der Waals surface area contributed by atoms with Crippen molar-refractivity contribution in [3.05, 3.63) is 29.8 Å². The van der Waals surface area contributed by atoms with Crippen LogP contribution in [0.25, 0.3) is 0 Å². The van der Waals surface area contributed by atoms with E-state index in [4.69, 9.17) is 4.74 Å². The normalized spacial score (nSPS) is 24.6. The Morgan fingerprint density at radius 3 is 2.69 bits per heavy atom. The molecule has 0 saturated carbocycles. The summed E-state index contributed by atoms with van der Waals surface area (Å²) < 4.78 is 5.52. The number of aliphatic hydroxyl groups is 1. The van der Waals surface area contributed by atoms with E-state index in [2.05, 4.69) is 6.92 Å². The molecule has 0 amide bonds. The van der Waals surface area contributed by atoms with Crippen LogP contribution < -0.4 is 4.74 Å². The quantitative estimate of drug-likeness (QED) is 0.874. The molecular formula is C13H18O2S. The van der Waals surface area contributed by atoms with Crippen molar-refractivity contribution in [2.24, 2.45) is 0 Å². The molecule has 2 nitrogen and oxygen atoms in total. The molecule has 0 spiro atoms. The summed E-state index contributed by atoms with van der Waals surface area (Å²) in [5, 5.41) is 10.4. The molecule has 0 bridgehead atoms. The predicted octanol–water partition coefficient (Wildman–Crippen LogP) is 2.80. The maximum Gasteiger partial charge on any atom is 0.119 e. The van der Waals surface area contributed by atoms with Gasteiger partial charge in [-0.2, -0.15) is 11.8 Å². The molecule has 88 valence electrons. The van der Waals surface area contributed by atoms with Gasteiger partial charge >= 0.3 is 0 Å². The lowest BCUT2D eigenvalue weighted by atomic mass is 9.93. The van der Waals surface area contributed by atoms with Crippen LogP contribution in [0.5, 0.6) is 5.75 Å². The maximum atomic E-state index is 10.4. The first-order valence-corrected chi connectivity index (χ1v) is 6.93. The summed E-state index contributed by atoms with van der Waals surface area (Å²) in [4.78, 5) is 0. The molecule has 3 heteroatoms. The summed E-state index contributed by atoms with van der Waals surface area (Å²) in [6.07, 6.45) is 1.87. The summed E-state index contributed by atoms with van der Waals surface area (Å²) in [7, 11) is 0. The Bertz CT molecular complexity index is 328. The van der Waals surface area contributed by atoms with Crippen LogP contribution in [0.2, 0.25) is 0 Å². The van der Waals surface area contributed by atoms with Gasteiger partial charge in [0.15, 0.2) is 0 Å². The molecule has 1 unspecified atom stereocenters. The van der Waals surface area contributed by atoms with Gasteiger partial charge in [0.25, 0.3) is 0 Å². The van der Waals surface area contributed by atoms with Crippen LogP contribution in [0, 0.1) is 0 Å². The molecule has 0 aliphatic carbocycles. The number of ether oxygens (including phenoxy) is 1. The van der Waals surface area contributed by atoms with E-state index < -0.39 is 5.60 Å². The molecule has 1 atom stereocenters. The second-order valence-corrected chi connectivity index (χ2v) is 5.31. The SMILES string of the molecule is CCCOc1ccc(C2(O)CCSC2)cc1. The standard InChI is InChI=1S/C13H18O2S/c1-2-8-15-12-5-3-11(4-6-12)13(14)7-9-16-10-13/h3-6,14H,2,7-10H2,1H3. The summed E-state index contributed by atoms with van der Waals surface area (Å²) in [5.41, 5.74) is 0.398. The summed E-state index contributed by atoms with van der Waals surface area (Å²) in [6, 6.07) is 7.87. The van der Waals surface area contributed by atoms with Crippen molar-refractivity contribution >= 4 is 11.8 Å². The van der Waals surface area contributed by atoms with E-state index in [1.54, 1.807) is 0 Å². The van der Waals surface area contributed by atoms with Gasteiger partial charge in [0.05, 0.1) is 12.2 Å². The van der Waals surface area contributed by atoms with Crippen molar-refractivity contribution < 1.29 is 9.84 Å². The Kier molecular flexibility index (Phi) is 3.77. The van der Waals surface area contributed by atoms with Gasteiger partial charge in [-0.1, -0.05) is 19.1 Å². The molecule has 1 heterocycles. The van der Waals surface area contributed by atoms with Gasteiger partial charge in [-0.05, 0) is 36.3 Å². The van der Waals surface area contributed by atoms with E-state index in [9.17, 15) is 5.11 Å². The zero-order chi connectivity index (χ0) is 11.4. The molecule has 1 aromatic rings. The van der Waals surface area contributed by atoms with Crippen molar-refractivity contribution in [3.63, 3.8) is 0 Å². The highest BCUT2D eigenvalue weighted by atomic mass is 32.2. The third-order valence-electron chi connectivity index (χ3n) is 2.87. The van der Waals surface area contributed by atoms with Crippen molar-refractivity contribution in [1.82, 2.24) is 0 Å². The summed E-state index contributed by atoms with van der Waals surface area (Å²) >= 11 is 1.81. The van der Waals surface area contributed by atoms with E-state index in [1.807, 2.05) is 36.0 Å². The van der Waals surface area contributed by atoms with Crippen molar-refractivity contribution in [3.8, 4) is 5.75 Å². The summed E-state index contributed by atoms with van der Waals surface area (Å²) in [5.74, 6) is 2.74. The number of hydrogen-bond acceptors (Lipinski definition) is 3. The van der Waals surface area contributed by atoms with Gasteiger partial charge in [0.2, 0.25) is 0 Å². The van der Waals surface area contributed by atoms with Gasteiger partial charge in [-0.25, -0.2) is 0 Å². The first-order valence-electron chi connectivity index (χ1n) is 5.78. The highest BCUT2D eigenvalue weighted by Crippen LogP contribution is 2.37. The van der Waals surface area contributed by atoms with E-state index in [-0.39, 0.29) is 0 Å². The average molecular weight is 238 g/mol. The fraction of sp³-hybridized carbons (Fsp3) is 0.538. The Morgan fingerprint density at radius 2 is 2.12 bits per heavy atom. The van der Waals surface area contributed by atoms with Crippen LogP contribution >= 0.6 is 11.8 Å². The third-order valence-corrected chi connectivity index (χ3v) is 4.04. The number of rotatable bonds is 4. The Labute approximate surface area is 101 Å². The molecular weight excluding hydrogens is 220 g/mol. The molecule has 16 heavy (non-hydrogen) atoms. The zero-order valence-electron chi connectivity index (χ0n) is 9.61. The van der Waals surface area contributed by atoms with Gasteiger partial charge in [0.1, 0.15) is 5.75 Å². The first-order chi connectivity index (χ1) is 7.74. The highest BCUT2D eigenvalue weighted by Gasteiger charge is 2.33. The lowest BCUT2D eigenvalue weighted by Crippen LogP contribution is -2.24. The monoisotopic (exact) mass is 238 g/mol. The first kappa shape index (κ1) is 11.8. The van der Waals surface area contributed by atoms with Crippen LogP contribution in [0.3, 0.4) is 0 Å². The minimum atomic E-state index is -0.617. The second-order valence-electron chi connectivity index (χ2n) is 4.21. The highest BCUT2D eigenvalue weighted by molar-refractivity contribution is 7.99. The van der Waals surface area contributed by atoms with Crippen molar-refractivity contribution in [2.45, 2.75) is 25.4 Å². The molecule has 1 aromatic carbocycles. The number of hydrogen-bond donors (Lipinski definition) is 1. The Balaban J connectivity index is 2.06. The Hall–Kier alpha value is -0.670. The zero-order valence-corrected chi connectivity index (χ0v) is 10.4. The van der Waals surface area contributed by atoms with Crippen molar-refractivity contribution in [1.29, 1.82) is 0 Å². The fourth-order valence-corrected chi connectivity index (χ4v) is 3.14. The lowest BCUT2D eigenvalue weighted by molar-refractivity contribution is 0.0657. The van der Waals surface area contributed by atoms with Crippen molar-refractivity contribution in [2.75, 3.05) is 18.1 Å². The molecule has 0 radical (unpaired) electrons. The lowest BCUT2D eigenvalue weighted by Gasteiger charge is -2.21. The molecule has 1 aliphatic rings. The predicted molar refractivity (Wildman–Crippen MR) is 68.1 cm³/mol. The van der Waals surface area contributed by atoms with Crippen LogP contribution in [-0.2, 0) is 5.60 Å². The minimum Gasteiger partial charge on any atom is -0.494 e. The van der Waals surface area contributed by atoms with E-state index in [0.717, 1.165) is 42.3 Å². The van der Waals surface area contributed by atoms with Crippen LogP contribution in [0.15, 0.2) is 24.3 Å². The number of thioether (sulfide) groups is 1. The number of benzene rings is 1. The molecule has 1 N–H and O–H groups in total. The van der Waals surface area contributed by atoms with Gasteiger partial charge < -0.3 is 9.84 Å². The maximum absolute atomic E-state index is 10.4. The largest absolute Gasteiger partial charge is 0.494 e. The van der Waals surface area contributed by atoms with Crippen LogP contribution in [0.1, 0.15) is 25.3 Å². The van der Waals surface area contributed by atoms with E-state index >= 15 is 0 Å². The molecule has 0 aromatic heterocycles. The second kappa shape index (κ2) is 5.11. The van der Waals surface area contributed by atoms with E-state index in [0.29, 0.717) is 0 Å². The van der Waals surface area contributed by atoms with Crippen LogP contribution in [-0.4, -0.2) is 23.2 Å². The van der Waals surface area contributed by atoms with Gasteiger partial charge in [-0.15, -0.1) is 0 Å². The molecule has 1 aliphatic heterocycles. The average Bonchev–Trinajstić information content (AvgIpc) is 2.75.